The standard InChI is InChI=1S/C48H57BN2Si4/c1-52(2,3)38-22-18-36(19-23-38)50-44-32-40(54(7,8)9)26-28-42(44)49-43-29-27-41(55(10,11)12)33-45(43)51(37-20-24-39(25-21-37)53(4,5)6)47-31-35(30-46(50)48(47)49)34-16-14-13-15-17-34/h13-33H,1-12H3. The van der Waals surface area contributed by atoms with Gasteiger partial charge in [0.1, 0.15) is 0 Å². The van der Waals surface area contributed by atoms with Crippen LogP contribution < -0.4 is 46.9 Å². The van der Waals surface area contributed by atoms with Crippen LogP contribution in [0.25, 0.3) is 11.1 Å². The summed E-state index contributed by atoms with van der Waals surface area (Å²) in [6.45, 7) is 29.6. The third-order valence-corrected chi connectivity index (χ3v) is 20.1. The first-order chi connectivity index (χ1) is 25.8. The van der Waals surface area contributed by atoms with Crippen molar-refractivity contribution in [1.82, 2.24) is 0 Å². The van der Waals surface area contributed by atoms with Gasteiger partial charge in [-0.2, -0.15) is 0 Å². The summed E-state index contributed by atoms with van der Waals surface area (Å²) in [6, 6.07) is 50.2. The Kier molecular flexibility index (Phi) is 9.08. The van der Waals surface area contributed by atoms with Gasteiger partial charge in [0.15, 0.2) is 0 Å². The Labute approximate surface area is 335 Å². The third kappa shape index (κ3) is 6.77. The smallest absolute Gasteiger partial charge is 0.252 e. The highest BCUT2D eigenvalue weighted by molar-refractivity contribution is 7.01. The third-order valence-electron chi connectivity index (χ3n) is 11.9. The number of nitrogens with zero attached hydrogens (tertiary/aromatic N) is 2. The van der Waals surface area contributed by atoms with E-state index < -0.39 is 32.3 Å². The zero-order valence-corrected chi connectivity index (χ0v) is 39.1. The summed E-state index contributed by atoms with van der Waals surface area (Å²) in [4.78, 5) is 5.23. The van der Waals surface area contributed by atoms with Crippen LogP contribution >= 0.6 is 0 Å². The highest BCUT2D eigenvalue weighted by atomic mass is 28.3. The van der Waals surface area contributed by atoms with Gasteiger partial charge < -0.3 is 9.80 Å². The van der Waals surface area contributed by atoms with Crippen LogP contribution in [0, 0.1) is 0 Å². The van der Waals surface area contributed by atoms with Crippen LogP contribution in [0.1, 0.15) is 0 Å². The molecular weight excluding hydrogens is 728 g/mol. The average molecular weight is 785 g/mol. The fourth-order valence-corrected chi connectivity index (χ4v) is 13.1. The molecule has 0 saturated heterocycles. The normalized spacial score (nSPS) is 14.1. The molecule has 2 aliphatic rings. The lowest BCUT2D eigenvalue weighted by atomic mass is 9.33. The maximum Gasteiger partial charge on any atom is 0.252 e. The molecule has 55 heavy (non-hydrogen) atoms. The molecule has 0 aromatic heterocycles. The van der Waals surface area contributed by atoms with Crippen molar-refractivity contribution < 1.29 is 0 Å². The molecule has 0 saturated carbocycles. The van der Waals surface area contributed by atoms with Crippen LogP contribution in [-0.2, 0) is 0 Å². The van der Waals surface area contributed by atoms with Crippen molar-refractivity contribution in [1.29, 1.82) is 0 Å². The molecule has 0 bridgehead atoms. The second kappa shape index (κ2) is 13.2. The molecule has 0 fully saturated rings. The van der Waals surface area contributed by atoms with E-state index in [1.165, 1.54) is 82.4 Å². The molecule has 6 aromatic rings. The van der Waals surface area contributed by atoms with Gasteiger partial charge >= 0.3 is 0 Å². The minimum atomic E-state index is -1.64. The van der Waals surface area contributed by atoms with E-state index in [9.17, 15) is 0 Å². The lowest BCUT2D eigenvalue weighted by molar-refractivity contribution is 1.26. The summed E-state index contributed by atoms with van der Waals surface area (Å²) < 4.78 is 0. The maximum absolute atomic E-state index is 2.61. The molecule has 2 heterocycles. The molecule has 278 valence electrons. The number of benzene rings is 6. The summed E-state index contributed by atoms with van der Waals surface area (Å²) in [5, 5.41) is 5.96. The van der Waals surface area contributed by atoms with E-state index in [4.69, 9.17) is 0 Å². The molecule has 7 heteroatoms. The summed E-state index contributed by atoms with van der Waals surface area (Å²) in [5.41, 5.74) is 14.3. The molecule has 0 radical (unpaired) electrons. The second-order valence-electron chi connectivity index (χ2n) is 20.0. The second-order valence-corrected chi connectivity index (χ2v) is 40.3. The summed E-state index contributed by atoms with van der Waals surface area (Å²) in [5.74, 6) is 0. The Balaban J connectivity index is 1.49. The molecule has 0 N–H and O–H groups in total. The fourth-order valence-electron chi connectivity index (χ4n) is 8.50. The van der Waals surface area contributed by atoms with Gasteiger partial charge in [0.25, 0.3) is 6.71 Å². The SMILES string of the molecule is C[Si](C)(C)c1ccc(N2c3cc([Si](C)(C)C)ccc3B3c4ccc([Si](C)(C)C)cc4N(c4ccc([Si](C)(C)C)cc4)c4cc(-c5ccccc5)cc2c43)cc1. The highest BCUT2D eigenvalue weighted by Crippen LogP contribution is 2.45. The van der Waals surface area contributed by atoms with E-state index in [1.54, 1.807) is 0 Å². The number of anilines is 6. The Morgan fingerprint density at radius 1 is 0.345 bits per heavy atom. The number of hydrogen-bond donors (Lipinski definition) is 0. The molecule has 0 unspecified atom stereocenters. The minimum Gasteiger partial charge on any atom is -0.311 e. The fraction of sp³-hybridized carbons (Fsp3) is 0.250. The quantitative estimate of drug-likeness (QED) is 0.149. The zero-order valence-electron chi connectivity index (χ0n) is 35.1. The minimum absolute atomic E-state index is 0.112. The number of rotatable bonds is 7. The van der Waals surface area contributed by atoms with Crippen molar-refractivity contribution in [2.24, 2.45) is 0 Å². The largest absolute Gasteiger partial charge is 0.311 e. The molecule has 2 aliphatic heterocycles. The summed E-state index contributed by atoms with van der Waals surface area (Å²) in [6.07, 6.45) is 0. The molecule has 2 nitrogen and oxygen atoms in total. The van der Waals surface area contributed by atoms with Crippen molar-refractivity contribution in [3.8, 4) is 11.1 Å². The van der Waals surface area contributed by atoms with Gasteiger partial charge in [-0.05, 0) is 76.0 Å². The Bertz CT molecular complexity index is 2270. The topological polar surface area (TPSA) is 6.48 Å². The van der Waals surface area contributed by atoms with Crippen molar-refractivity contribution in [3.05, 3.63) is 127 Å². The lowest BCUT2D eigenvalue weighted by Crippen LogP contribution is -2.62. The van der Waals surface area contributed by atoms with Gasteiger partial charge in [-0.1, -0.05) is 178 Å². The highest BCUT2D eigenvalue weighted by Gasteiger charge is 2.44. The van der Waals surface area contributed by atoms with Gasteiger partial charge in [-0.25, -0.2) is 0 Å². The lowest BCUT2D eigenvalue weighted by Gasteiger charge is -2.45. The number of fused-ring (bicyclic) bond motifs is 4. The maximum atomic E-state index is 2.61. The van der Waals surface area contributed by atoms with E-state index in [2.05, 4.69) is 216 Å². The molecule has 0 amide bonds. The Morgan fingerprint density at radius 2 is 0.709 bits per heavy atom. The van der Waals surface area contributed by atoms with Crippen molar-refractivity contribution in [2.75, 3.05) is 9.80 Å². The van der Waals surface area contributed by atoms with Crippen molar-refractivity contribution >= 4 is 110 Å². The monoisotopic (exact) mass is 784 g/mol. The van der Waals surface area contributed by atoms with Gasteiger partial charge in [0.05, 0.1) is 32.3 Å². The molecule has 8 rings (SSSR count). The van der Waals surface area contributed by atoms with Gasteiger partial charge in [0, 0.05) is 34.1 Å². The van der Waals surface area contributed by atoms with E-state index in [-0.39, 0.29) is 6.71 Å². The predicted molar refractivity (Wildman–Crippen MR) is 258 cm³/mol. The number of hydrogen-bond acceptors (Lipinski definition) is 2. The van der Waals surface area contributed by atoms with Gasteiger partial charge in [-0.15, -0.1) is 0 Å². The van der Waals surface area contributed by atoms with Crippen molar-refractivity contribution in [2.45, 2.75) is 78.6 Å². The molecule has 0 atom stereocenters. The van der Waals surface area contributed by atoms with Crippen LogP contribution in [0.2, 0.25) is 78.6 Å². The van der Waals surface area contributed by atoms with E-state index in [0.717, 1.165) is 0 Å². The van der Waals surface area contributed by atoms with Crippen LogP contribution in [-0.4, -0.2) is 39.0 Å². The Hall–Kier alpha value is -4.15. The first kappa shape index (κ1) is 37.8. The molecule has 6 aromatic carbocycles. The van der Waals surface area contributed by atoms with Crippen LogP contribution in [0.4, 0.5) is 34.1 Å². The Morgan fingerprint density at radius 3 is 1.07 bits per heavy atom. The van der Waals surface area contributed by atoms with Crippen LogP contribution in [0.5, 0.6) is 0 Å². The van der Waals surface area contributed by atoms with E-state index >= 15 is 0 Å². The van der Waals surface area contributed by atoms with Gasteiger partial charge in [0.2, 0.25) is 0 Å². The van der Waals surface area contributed by atoms with E-state index in [1.807, 2.05) is 0 Å². The van der Waals surface area contributed by atoms with Crippen LogP contribution in [0.3, 0.4) is 0 Å². The first-order valence-electron chi connectivity index (χ1n) is 20.1. The molecular formula is C48H57BN2Si4. The zero-order chi connectivity index (χ0) is 39.2. The average Bonchev–Trinajstić information content (AvgIpc) is 3.13. The van der Waals surface area contributed by atoms with E-state index in [0.29, 0.717) is 0 Å². The summed E-state index contributed by atoms with van der Waals surface area (Å²) >= 11 is 0. The van der Waals surface area contributed by atoms with Crippen molar-refractivity contribution in [3.63, 3.8) is 0 Å². The van der Waals surface area contributed by atoms with Gasteiger partial charge in [-0.3, -0.25) is 0 Å². The van der Waals surface area contributed by atoms with Crippen LogP contribution in [0.15, 0.2) is 127 Å². The molecule has 0 aliphatic carbocycles. The molecule has 0 spiro atoms. The predicted octanol–water partition coefficient (Wildman–Crippen LogP) is 9.62. The summed E-state index contributed by atoms with van der Waals surface area (Å²) in [7, 11) is -6.25. The first-order valence-corrected chi connectivity index (χ1v) is 34.1.